The average Bonchev–Trinajstić information content (AvgIpc) is 2.95. The first-order valence-electron chi connectivity index (χ1n) is 11.6. The summed E-state index contributed by atoms with van der Waals surface area (Å²) in [6.45, 7) is 0. The van der Waals surface area contributed by atoms with Gasteiger partial charge in [0, 0.05) is 38.7 Å². The van der Waals surface area contributed by atoms with E-state index >= 15 is 0 Å². The fourth-order valence-electron chi connectivity index (χ4n) is 4.08. The Morgan fingerprint density at radius 1 is 0.842 bits per heavy atom. The molecule has 1 atom stereocenters. The first-order chi connectivity index (χ1) is 18.4. The predicted octanol–water partition coefficient (Wildman–Crippen LogP) is 7.35. The van der Waals surface area contributed by atoms with Gasteiger partial charge < -0.3 is 4.74 Å². The van der Waals surface area contributed by atoms with E-state index in [1.807, 2.05) is 30.3 Å². The second kappa shape index (κ2) is 10.7. The summed E-state index contributed by atoms with van der Waals surface area (Å²) in [5.41, 5.74) is 2.76. The molecule has 0 aliphatic carbocycles. The summed E-state index contributed by atoms with van der Waals surface area (Å²) >= 11 is 3.43. The molecule has 7 nitrogen and oxygen atoms in total. The maximum atomic E-state index is 13.7. The first kappa shape index (κ1) is 25.0. The topological polar surface area (TPSA) is 99.4 Å². The molecule has 5 aromatic rings. The number of Topliss-reactive ketones (excluding diaryl/α,β-unsaturated/α-hetero) is 1. The van der Waals surface area contributed by atoms with Crippen molar-refractivity contribution < 1.29 is 19.2 Å². The molecule has 0 fully saturated rings. The van der Waals surface area contributed by atoms with Gasteiger partial charge in [-0.15, -0.1) is 0 Å². The summed E-state index contributed by atoms with van der Waals surface area (Å²) in [4.78, 5) is 42.5. The second-order valence-corrected chi connectivity index (χ2v) is 9.36. The van der Waals surface area contributed by atoms with Crippen LogP contribution in [-0.4, -0.2) is 21.7 Å². The highest BCUT2D eigenvalue weighted by atomic mass is 79.9. The van der Waals surface area contributed by atoms with Crippen LogP contribution in [0.5, 0.6) is 0 Å². The number of carbonyl (C=O) groups excluding carboxylic acids is 2. The summed E-state index contributed by atoms with van der Waals surface area (Å²) in [6, 6.07) is 30.2. The van der Waals surface area contributed by atoms with Gasteiger partial charge in [-0.05, 0) is 36.4 Å². The van der Waals surface area contributed by atoms with Gasteiger partial charge in [-0.3, -0.25) is 14.9 Å². The van der Waals surface area contributed by atoms with Crippen molar-refractivity contribution in [1.82, 2.24) is 4.98 Å². The lowest BCUT2D eigenvalue weighted by atomic mass is 9.99. The Morgan fingerprint density at radius 2 is 1.50 bits per heavy atom. The number of benzene rings is 4. The molecule has 0 aliphatic heterocycles. The Kier molecular flexibility index (Phi) is 7.06. The summed E-state index contributed by atoms with van der Waals surface area (Å²) in [5, 5.41) is 11.7. The molecule has 186 valence electrons. The van der Waals surface area contributed by atoms with Crippen molar-refractivity contribution in [3.63, 3.8) is 0 Å². The Morgan fingerprint density at radius 3 is 2.18 bits per heavy atom. The Bertz CT molecular complexity index is 1650. The molecule has 38 heavy (non-hydrogen) atoms. The predicted molar refractivity (Wildman–Crippen MR) is 147 cm³/mol. The van der Waals surface area contributed by atoms with Crippen molar-refractivity contribution in [3.8, 4) is 11.3 Å². The van der Waals surface area contributed by atoms with Gasteiger partial charge in [0.05, 0.1) is 21.7 Å². The maximum absolute atomic E-state index is 13.7. The third-order valence-corrected chi connectivity index (χ3v) is 6.53. The van der Waals surface area contributed by atoms with E-state index in [0.29, 0.717) is 27.7 Å². The number of esters is 1. The third kappa shape index (κ3) is 5.21. The highest BCUT2D eigenvalue weighted by Gasteiger charge is 2.28. The van der Waals surface area contributed by atoms with Crippen LogP contribution in [0.15, 0.2) is 114 Å². The van der Waals surface area contributed by atoms with Crippen LogP contribution in [0.2, 0.25) is 0 Å². The third-order valence-electron chi connectivity index (χ3n) is 6.00. The van der Waals surface area contributed by atoms with Crippen molar-refractivity contribution in [1.29, 1.82) is 0 Å². The number of rotatable bonds is 7. The number of hydrogen-bond donors (Lipinski definition) is 0. The van der Waals surface area contributed by atoms with E-state index in [-0.39, 0.29) is 11.3 Å². The molecule has 0 amide bonds. The van der Waals surface area contributed by atoms with E-state index in [2.05, 4.69) is 15.9 Å². The zero-order valence-corrected chi connectivity index (χ0v) is 21.4. The molecule has 0 saturated heterocycles. The molecule has 0 unspecified atom stereocenters. The van der Waals surface area contributed by atoms with Crippen molar-refractivity contribution in [2.75, 3.05) is 0 Å². The number of nitrogens with zero attached hydrogens (tertiary/aromatic N) is 2. The highest BCUT2D eigenvalue weighted by molar-refractivity contribution is 9.10. The zero-order chi connectivity index (χ0) is 26.6. The number of ketones is 1. The standard InChI is InChI=1S/C30H19BrN2O5/c31-22-14-10-19(11-15-22)27-18-25(24-8-4-5-9-26(24)32-27)30(35)38-29(28(34)20-6-2-1-3-7-20)21-12-16-23(17-13-21)33(36)37/h1-18,29H/t29-/m1/s1. The van der Waals surface area contributed by atoms with Crippen LogP contribution in [0.3, 0.4) is 0 Å². The minimum atomic E-state index is -1.31. The first-order valence-corrected chi connectivity index (χ1v) is 12.4. The zero-order valence-electron chi connectivity index (χ0n) is 19.8. The van der Waals surface area contributed by atoms with Crippen LogP contribution in [0.1, 0.15) is 32.4 Å². The molecule has 1 aromatic heterocycles. The van der Waals surface area contributed by atoms with Crippen LogP contribution >= 0.6 is 15.9 Å². The Balaban J connectivity index is 1.57. The number of pyridine rings is 1. The molecule has 0 N–H and O–H groups in total. The number of ether oxygens (including phenoxy) is 1. The Labute approximate surface area is 226 Å². The number of nitro benzene ring substituents is 1. The summed E-state index contributed by atoms with van der Waals surface area (Å²) in [7, 11) is 0. The van der Waals surface area contributed by atoms with Gasteiger partial charge in [0.25, 0.3) is 5.69 Å². The number of nitro groups is 1. The average molecular weight is 567 g/mol. The highest BCUT2D eigenvalue weighted by Crippen LogP contribution is 2.30. The molecular weight excluding hydrogens is 548 g/mol. The lowest BCUT2D eigenvalue weighted by molar-refractivity contribution is -0.384. The molecule has 1 heterocycles. The van der Waals surface area contributed by atoms with E-state index in [4.69, 9.17) is 9.72 Å². The van der Waals surface area contributed by atoms with Crippen LogP contribution < -0.4 is 0 Å². The van der Waals surface area contributed by atoms with Gasteiger partial charge in [0.2, 0.25) is 5.78 Å². The van der Waals surface area contributed by atoms with Gasteiger partial charge in [-0.1, -0.05) is 76.6 Å². The van der Waals surface area contributed by atoms with Gasteiger partial charge in [-0.25, -0.2) is 9.78 Å². The molecule has 0 saturated carbocycles. The quantitative estimate of drug-likeness (QED) is 0.0883. The molecule has 0 aliphatic rings. The van der Waals surface area contributed by atoms with Gasteiger partial charge in [0.15, 0.2) is 6.10 Å². The fraction of sp³-hybridized carbons (Fsp3) is 0.0333. The van der Waals surface area contributed by atoms with Gasteiger partial charge in [-0.2, -0.15) is 0 Å². The van der Waals surface area contributed by atoms with Crippen LogP contribution in [-0.2, 0) is 4.74 Å². The monoisotopic (exact) mass is 566 g/mol. The number of aromatic nitrogens is 1. The molecule has 8 heteroatoms. The molecule has 4 aromatic carbocycles. The minimum absolute atomic E-state index is 0.134. The van der Waals surface area contributed by atoms with Crippen LogP contribution in [0, 0.1) is 10.1 Å². The molecule has 0 spiro atoms. The minimum Gasteiger partial charge on any atom is -0.445 e. The summed E-state index contributed by atoms with van der Waals surface area (Å²) in [6.07, 6.45) is -1.31. The maximum Gasteiger partial charge on any atom is 0.339 e. The normalized spacial score (nSPS) is 11.6. The summed E-state index contributed by atoms with van der Waals surface area (Å²) < 4.78 is 6.77. The number of halogens is 1. The van der Waals surface area contributed by atoms with E-state index in [0.717, 1.165) is 10.0 Å². The van der Waals surface area contributed by atoms with Crippen molar-refractivity contribution in [2.45, 2.75) is 6.10 Å². The van der Waals surface area contributed by atoms with E-state index in [9.17, 15) is 19.7 Å². The largest absolute Gasteiger partial charge is 0.445 e. The van der Waals surface area contributed by atoms with Gasteiger partial charge in [0.1, 0.15) is 0 Å². The fourth-order valence-corrected chi connectivity index (χ4v) is 4.35. The smallest absolute Gasteiger partial charge is 0.339 e. The van der Waals surface area contributed by atoms with Crippen LogP contribution in [0.25, 0.3) is 22.2 Å². The molecule has 0 radical (unpaired) electrons. The molecule has 0 bridgehead atoms. The second-order valence-electron chi connectivity index (χ2n) is 8.44. The van der Waals surface area contributed by atoms with E-state index in [1.54, 1.807) is 54.6 Å². The van der Waals surface area contributed by atoms with E-state index < -0.39 is 22.8 Å². The number of para-hydroxylation sites is 1. The van der Waals surface area contributed by atoms with Gasteiger partial charge >= 0.3 is 5.97 Å². The Hall–Kier alpha value is -4.69. The van der Waals surface area contributed by atoms with Crippen molar-refractivity contribution >= 4 is 44.3 Å². The number of non-ortho nitro benzene ring substituents is 1. The lowest BCUT2D eigenvalue weighted by Crippen LogP contribution is -2.20. The van der Waals surface area contributed by atoms with Crippen molar-refractivity contribution in [3.05, 3.63) is 140 Å². The number of hydrogen-bond acceptors (Lipinski definition) is 6. The molecular formula is C30H19BrN2O5. The number of fused-ring (bicyclic) bond motifs is 1. The SMILES string of the molecule is O=C(O[C@@H](C(=O)c1ccccc1)c1ccc([N+](=O)[O-])cc1)c1cc(-c2ccc(Br)cc2)nc2ccccc12. The van der Waals surface area contributed by atoms with Crippen molar-refractivity contribution in [2.24, 2.45) is 0 Å². The van der Waals surface area contributed by atoms with Crippen LogP contribution in [0.4, 0.5) is 5.69 Å². The number of carbonyl (C=O) groups is 2. The summed E-state index contributed by atoms with van der Waals surface area (Å²) in [5.74, 6) is -1.16. The van der Waals surface area contributed by atoms with E-state index in [1.165, 1.54) is 24.3 Å². The molecule has 5 rings (SSSR count). The lowest BCUT2D eigenvalue weighted by Gasteiger charge is -2.18.